The lowest BCUT2D eigenvalue weighted by Crippen LogP contribution is -2.45. The third-order valence-corrected chi connectivity index (χ3v) is 4.28. The second-order valence-corrected chi connectivity index (χ2v) is 5.98. The molecule has 0 aromatic heterocycles. The van der Waals surface area contributed by atoms with Gasteiger partial charge in [-0.25, -0.2) is 0 Å². The predicted molar refractivity (Wildman–Crippen MR) is 69.6 cm³/mol. The van der Waals surface area contributed by atoms with Crippen LogP contribution in [-0.2, 0) is 9.53 Å². The van der Waals surface area contributed by atoms with Crippen molar-refractivity contribution >= 4 is 5.97 Å². The highest BCUT2D eigenvalue weighted by molar-refractivity contribution is 5.67. The van der Waals surface area contributed by atoms with Crippen LogP contribution in [0.2, 0.25) is 0 Å². The van der Waals surface area contributed by atoms with Crippen LogP contribution in [0, 0.1) is 11.8 Å². The van der Waals surface area contributed by atoms with E-state index in [1.165, 1.54) is 25.7 Å². The van der Waals surface area contributed by atoms with Crippen LogP contribution in [-0.4, -0.2) is 48.3 Å². The van der Waals surface area contributed by atoms with E-state index in [2.05, 4.69) is 11.8 Å². The third-order valence-electron chi connectivity index (χ3n) is 4.28. The summed E-state index contributed by atoms with van der Waals surface area (Å²) in [7, 11) is 0. The smallest absolute Gasteiger partial charge is 0.306 e. The van der Waals surface area contributed by atoms with Gasteiger partial charge in [0.1, 0.15) is 0 Å². The number of morpholine rings is 1. The maximum Gasteiger partial charge on any atom is 0.306 e. The minimum atomic E-state index is -0.756. The summed E-state index contributed by atoms with van der Waals surface area (Å²) in [5, 5.41) is 8.80. The minimum absolute atomic E-state index is 0.112. The van der Waals surface area contributed by atoms with Gasteiger partial charge >= 0.3 is 5.97 Å². The SMILES string of the molecule is CC1CCC(CN2CCOC(CC(=O)O)C2)CC1. The van der Waals surface area contributed by atoms with E-state index in [9.17, 15) is 4.79 Å². The summed E-state index contributed by atoms with van der Waals surface area (Å²) in [6, 6.07) is 0. The Morgan fingerprint density at radius 2 is 2.06 bits per heavy atom. The molecule has 0 radical (unpaired) electrons. The Kier molecular flexibility index (Phi) is 5.01. The highest BCUT2D eigenvalue weighted by Gasteiger charge is 2.26. The Morgan fingerprint density at radius 1 is 1.33 bits per heavy atom. The molecule has 1 heterocycles. The van der Waals surface area contributed by atoms with Crippen molar-refractivity contribution in [2.45, 2.75) is 45.1 Å². The maximum atomic E-state index is 10.7. The van der Waals surface area contributed by atoms with E-state index in [0.717, 1.165) is 31.5 Å². The lowest BCUT2D eigenvalue weighted by Gasteiger charge is -2.36. The number of carbonyl (C=O) groups is 1. The fourth-order valence-electron chi connectivity index (χ4n) is 3.14. The molecule has 0 aromatic carbocycles. The van der Waals surface area contributed by atoms with Crippen molar-refractivity contribution in [1.29, 1.82) is 0 Å². The van der Waals surface area contributed by atoms with Gasteiger partial charge in [-0.2, -0.15) is 0 Å². The molecule has 0 bridgehead atoms. The topological polar surface area (TPSA) is 49.8 Å². The molecule has 18 heavy (non-hydrogen) atoms. The Bertz CT molecular complexity index is 274. The number of carboxylic acids is 1. The fraction of sp³-hybridized carbons (Fsp3) is 0.929. The third kappa shape index (κ3) is 4.25. The molecule has 1 aliphatic heterocycles. The van der Waals surface area contributed by atoms with Gasteiger partial charge in [-0.15, -0.1) is 0 Å². The highest BCUT2D eigenvalue weighted by atomic mass is 16.5. The molecule has 1 atom stereocenters. The Hall–Kier alpha value is -0.610. The van der Waals surface area contributed by atoms with Gasteiger partial charge in [0, 0.05) is 19.6 Å². The zero-order chi connectivity index (χ0) is 13.0. The number of ether oxygens (including phenoxy) is 1. The molecule has 2 fully saturated rings. The van der Waals surface area contributed by atoms with Crippen LogP contribution in [0.3, 0.4) is 0 Å². The van der Waals surface area contributed by atoms with Crippen LogP contribution in [0.5, 0.6) is 0 Å². The molecule has 4 nitrogen and oxygen atoms in total. The molecular weight excluding hydrogens is 230 g/mol. The van der Waals surface area contributed by atoms with Crippen LogP contribution >= 0.6 is 0 Å². The average Bonchev–Trinajstić information content (AvgIpc) is 2.32. The van der Waals surface area contributed by atoms with Crippen molar-refractivity contribution in [2.24, 2.45) is 11.8 Å². The number of nitrogens with zero attached hydrogens (tertiary/aromatic N) is 1. The minimum Gasteiger partial charge on any atom is -0.481 e. The van der Waals surface area contributed by atoms with Crippen molar-refractivity contribution in [1.82, 2.24) is 4.90 Å². The standard InChI is InChI=1S/C14H25NO3/c1-11-2-4-12(5-3-11)9-15-6-7-18-13(10-15)8-14(16)17/h11-13H,2-10H2,1H3,(H,16,17). The van der Waals surface area contributed by atoms with E-state index in [1.807, 2.05) is 0 Å². The summed E-state index contributed by atoms with van der Waals surface area (Å²) in [5.41, 5.74) is 0. The van der Waals surface area contributed by atoms with Crippen LogP contribution in [0.15, 0.2) is 0 Å². The monoisotopic (exact) mass is 255 g/mol. The predicted octanol–water partition coefficient (Wildman–Crippen LogP) is 1.99. The van der Waals surface area contributed by atoms with Gasteiger partial charge in [0.05, 0.1) is 19.1 Å². The van der Waals surface area contributed by atoms with Gasteiger partial charge in [0.25, 0.3) is 0 Å². The average molecular weight is 255 g/mol. The van der Waals surface area contributed by atoms with E-state index in [-0.39, 0.29) is 12.5 Å². The summed E-state index contributed by atoms with van der Waals surface area (Å²) in [5.74, 6) is 0.948. The first-order valence-electron chi connectivity index (χ1n) is 7.19. The van der Waals surface area contributed by atoms with E-state index in [1.54, 1.807) is 0 Å². The quantitative estimate of drug-likeness (QED) is 0.834. The first-order valence-corrected chi connectivity index (χ1v) is 7.19. The van der Waals surface area contributed by atoms with E-state index >= 15 is 0 Å². The second-order valence-electron chi connectivity index (χ2n) is 5.98. The molecule has 1 unspecified atom stereocenters. The molecule has 1 saturated heterocycles. The molecule has 1 aliphatic carbocycles. The van der Waals surface area contributed by atoms with Crippen molar-refractivity contribution in [2.75, 3.05) is 26.2 Å². The van der Waals surface area contributed by atoms with Crippen molar-refractivity contribution in [3.05, 3.63) is 0 Å². The molecule has 2 aliphatic rings. The summed E-state index contributed by atoms with van der Waals surface area (Å²) >= 11 is 0. The van der Waals surface area contributed by atoms with Gasteiger partial charge in [-0.1, -0.05) is 19.8 Å². The van der Waals surface area contributed by atoms with Crippen LogP contribution in [0.1, 0.15) is 39.0 Å². The molecule has 104 valence electrons. The van der Waals surface area contributed by atoms with Gasteiger partial charge in [0.15, 0.2) is 0 Å². The molecule has 1 N–H and O–H groups in total. The van der Waals surface area contributed by atoms with Gasteiger partial charge in [0.2, 0.25) is 0 Å². The van der Waals surface area contributed by atoms with Gasteiger partial charge in [-0.3, -0.25) is 9.69 Å². The molecule has 0 amide bonds. The van der Waals surface area contributed by atoms with Gasteiger partial charge < -0.3 is 9.84 Å². The van der Waals surface area contributed by atoms with Crippen molar-refractivity contribution in [3.8, 4) is 0 Å². The number of rotatable bonds is 4. The summed E-state index contributed by atoms with van der Waals surface area (Å²) in [6.45, 7) is 5.90. The second kappa shape index (κ2) is 6.53. The number of carboxylic acid groups (broad SMARTS) is 1. The zero-order valence-electron chi connectivity index (χ0n) is 11.3. The number of hydrogen-bond donors (Lipinski definition) is 1. The molecular formula is C14H25NO3. The number of hydrogen-bond acceptors (Lipinski definition) is 3. The molecule has 2 rings (SSSR count). The van der Waals surface area contributed by atoms with E-state index in [4.69, 9.17) is 9.84 Å². The van der Waals surface area contributed by atoms with Crippen LogP contribution < -0.4 is 0 Å². The first kappa shape index (κ1) is 13.8. The van der Waals surface area contributed by atoms with Crippen molar-refractivity contribution in [3.63, 3.8) is 0 Å². The molecule has 1 saturated carbocycles. The largest absolute Gasteiger partial charge is 0.481 e. The highest BCUT2D eigenvalue weighted by Crippen LogP contribution is 2.29. The van der Waals surface area contributed by atoms with Gasteiger partial charge in [-0.05, 0) is 24.7 Å². The zero-order valence-corrected chi connectivity index (χ0v) is 11.3. The van der Waals surface area contributed by atoms with Crippen molar-refractivity contribution < 1.29 is 14.6 Å². The van der Waals surface area contributed by atoms with Crippen LogP contribution in [0.4, 0.5) is 0 Å². The summed E-state index contributed by atoms with van der Waals surface area (Å²) in [6.07, 6.45) is 5.41. The Balaban J connectivity index is 1.73. The Morgan fingerprint density at radius 3 is 2.72 bits per heavy atom. The Labute approximate surface area is 109 Å². The first-order chi connectivity index (χ1) is 8.63. The van der Waals surface area contributed by atoms with Crippen LogP contribution in [0.25, 0.3) is 0 Å². The number of aliphatic carboxylic acids is 1. The maximum absolute atomic E-state index is 10.7. The van der Waals surface area contributed by atoms with E-state index in [0.29, 0.717) is 6.61 Å². The fourth-order valence-corrected chi connectivity index (χ4v) is 3.14. The molecule has 0 aromatic rings. The molecule has 4 heteroatoms. The molecule has 0 spiro atoms. The summed E-state index contributed by atoms with van der Waals surface area (Å²) < 4.78 is 5.50. The lowest BCUT2D eigenvalue weighted by atomic mass is 9.83. The lowest BCUT2D eigenvalue weighted by molar-refractivity contribution is -0.142. The van der Waals surface area contributed by atoms with E-state index < -0.39 is 5.97 Å². The normalized spacial score (nSPS) is 34.4. The summed E-state index contributed by atoms with van der Waals surface area (Å²) in [4.78, 5) is 13.1.